The molecule has 3 unspecified atom stereocenters. The van der Waals surface area contributed by atoms with Crippen LogP contribution in [0.15, 0.2) is 36.5 Å². The molecule has 0 bridgehead atoms. The topological polar surface area (TPSA) is 95.9 Å². The Hall–Kier alpha value is -1.92. The van der Waals surface area contributed by atoms with E-state index >= 15 is 0 Å². The minimum absolute atomic E-state index is 0.0731. The van der Waals surface area contributed by atoms with Crippen LogP contribution < -0.4 is 5.32 Å². The summed E-state index contributed by atoms with van der Waals surface area (Å²) in [4.78, 5) is 26.1. The number of hydrogen-bond donors (Lipinski definition) is 3. The van der Waals surface area contributed by atoms with E-state index in [0.717, 1.165) is 70.6 Å². The Labute approximate surface area is 379 Å². The maximum atomic E-state index is 13.2. The molecule has 0 aromatic heterocycles. The smallest absolute Gasteiger partial charge is 0.306 e. The lowest BCUT2D eigenvalue weighted by Crippen LogP contribution is -2.46. The maximum Gasteiger partial charge on any atom is 0.306 e. The Morgan fingerprint density at radius 1 is 0.475 bits per heavy atom. The van der Waals surface area contributed by atoms with Crippen molar-refractivity contribution in [3.63, 3.8) is 0 Å². The first-order valence-corrected chi connectivity index (χ1v) is 26.7. The molecule has 0 aliphatic rings. The van der Waals surface area contributed by atoms with Crippen LogP contribution >= 0.6 is 0 Å². The SMILES string of the molecule is CCCCCCC/C=C/C=C/C=C/CCCCCCCC(=O)OC(CCCCCCCCCCCCCCCCC)CC(=O)NC(CO)C(O)CCCCCCCCCCC. The van der Waals surface area contributed by atoms with Crippen LogP contribution in [0.2, 0.25) is 0 Å². The molecule has 61 heavy (non-hydrogen) atoms. The van der Waals surface area contributed by atoms with E-state index in [-0.39, 0.29) is 24.9 Å². The number of aliphatic hydroxyl groups excluding tert-OH is 2. The number of hydrogen-bond acceptors (Lipinski definition) is 5. The fraction of sp³-hybridized carbons (Fsp3) is 0.855. The van der Waals surface area contributed by atoms with Gasteiger partial charge in [-0.3, -0.25) is 9.59 Å². The molecule has 0 heterocycles. The fourth-order valence-electron chi connectivity index (χ4n) is 8.20. The molecule has 0 saturated heterocycles. The van der Waals surface area contributed by atoms with Crippen LogP contribution in [-0.4, -0.2) is 46.9 Å². The van der Waals surface area contributed by atoms with Crippen LogP contribution in [0.3, 0.4) is 0 Å². The highest BCUT2D eigenvalue weighted by molar-refractivity contribution is 5.77. The van der Waals surface area contributed by atoms with Gasteiger partial charge in [-0.2, -0.15) is 0 Å². The van der Waals surface area contributed by atoms with Gasteiger partial charge in [0.2, 0.25) is 5.91 Å². The highest BCUT2D eigenvalue weighted by atomic mass is 16.5. The van der Waals surface area contributed by atoms with Gasteiger partial charge < -0.3 is 20.3 Å². The van der Waals surface area contributed by atoms with Crippen LogP contribution in [0.5, 0.6) is 0 Å². The third-order valence-electron chi connectivity index (χ3n) is 12.3. The molecule has 0 fully saturated rings. The first-order valence-electron chi connectivity index (χ1n) is 26.7. The zero-order valence-corrected chi connectivity index (χ0v) is 40.8. The number of aliphatic hydroxyl groups is 2. The molecule has 1 amide bonds. The van der Waals surface area contributed by atoms with Crippen molar-refractivity contribution in [2.24, 2.45) is 0 Å². The number of ether oxygens (including phenoxy) is 1. The van der Waals surface area contributed by atoms with Crippen molar-refractivity contribution in [3.05, 3.63) is 36.5 Å². The Morgan fingerprint density at radius 2 is 0.836 bits per heavy atom. The summed E-state index contributed by atoms with van der Waals surface area (Å²) in [5.74, 6) is -0.485. The molecule has 0 spiro atoms. The van der Waals surface area contributed by atoms with E-state index in [4.69, 9.17) is 4.74 Å². The lowest BCUT2D eigenvalue weighted by atomic mass is 10.0. The minimum Gasteiger partial charge on any atom is -0.462 e. The minimum atomic E-state index is -0.787. The molecule has 0 saturated carbocycles. The number of carbonyl (C=O) groups excluding carboxylic acids is 2. The van der Waals surface area contributed by atoms with Crippen molar-refractivity contribution in [1.82, 2.24) is 5.32 Å². The van der Waals surface area contributed by atoms with Crippen molar-refractivity contribution in [1.29, 1.82) is 0 Å². The van der Waals surface area contributed by atoms with Gasteiger partial charge in [-0.25, -0.2) is 0 Å². The molecule has 3 atom stereocenters. The molecular weight excluding hydrogens is 755 g/mol. The van der Waals surface area contributed by atoms with Gasteiger partial charge in [0.1, 0.15) is 6.10 Å². The molecule has 6 heteroatoms. The third kappa shape index (κ3) is 44.5. The molecule has 0 radical (unpaired) electrons. The van der Waals surface area contributed by atoms with Crippen molar-refractivity contribution in [3.8, 4) is 0 Å². The van der Waals surface area contributed by atoms with Crippen molar-refractivity contribution >= 4 is 11.9 Å². The Balaban J connectivity index is 4.57. The highest BCUT2D eigenvalue weighted by Gasteiger charge is 2.24. The van der Waals surface area contributed by atoms with E-state index in [9.17, 15) is 19.8 Å². The summed E-state index contributed by atoms with van der Waals surface area (Å²) in [5.41, 5.74) is 0. The Kier molecular flexibility index (Phi) is 47.6. The fourth-order valence-corrected chi connectivity index (χ4v) is 8.20. The zero-order valence-electron chi connectivity index (χ0n) is 40.8. The van der Waals surface area contributed by atoms with E-state index in [2.05, 4.69) is 62.5 Å². The number of nitrogens with one attached hydrogen (secondary N) is 1. The molecular formula is C55H103NO5. The largest absolute Gasteiger partial charge is 0.462 e. The van der Waals surface area contributed by atoms with Gasteiger partial charge >= 0.3 is 5.97 Å². The van der Waals surface area contributed by atoms with Crippen LogP contribution in [0.4, 0.5) is 0 Å². The molecule has 0 aliphatic carbocycles. The first kappa shape index (κ1) is 59.1. The number of carbonyl (C=O) groups is 2. The van der Waals surface area contributed by atoms with E-state index in [1.807, 2.05) is 0 Å². The summed E-state index contributed by atoms with van der Waals surface area (Å²) in [6.45, 7) is 6.46. The summed E-state index contributed by atoms with van der Waals surface area (Å²) in [6.07, 6.45) is 57.8. The highest BCUT2D eigenvalue weighted by Crippen LogP contribution is 2.18. The molecule has 3 N–H and O–H groups in total. The lowest BCUT2D eigenvalue weighted by molar-refractivity contribution is -0.151. The van der Waals surface area contributed by atoms with Crippen molar-refractivity contribution < 1.29 is 24.5 Å². The Bertz CT molecular complexity index is 1010. The van der Waals surface area contributed by atoms with E-state index < -0.39 is 18.2 Å². The van der Waals surface area contributed by atoms with Crippen molar-refractivity contribution in [2.45, 2.75) is 296 Å². The number of esters is 1. The van der Waals surface area contributed by atoms with E-state index in [1.165, 1.54) is 161 Å². The van der Waals surface area contributed by atoms with Crippen LogP contribution in [-0.2, 0) is 14.3 Å². The number of rotatable bonds is 48. The third-order valence-corrected chi connectivity index (χ3v) is 12.3. The number of unbranched alkanes of at least 4 members (excludes halogenated alkanes) is 32. The van der Waals surface area contributed by atoms with Gasteiger partial charge in [0.05, 0.1) is 25.2 Å². The molecule has 6 nitrogen and oxygen atoms in total. The van der Waals surface area contributed by atoms with Gasteiger partial charge in [0.25, 0.3) is 0 Å². The average molecular weight is 858 g/mol. The van der Waals surface area contributed by atoms with Gasteiger partial charge in [0.15, 0.2) is 0 Å². The predicted molar refractivity (Wildman–Crippen MR) is 264 cm³/mol. The second-order valence-electron chi connectivity index (χ2n) is 18.3. The predicted octanol–water partition coefficient (Wildman–Crippen LogP) is 16.1. The van der Waals surface area contributed by atoms with Crippen molar-refractivity contribution in [2.75, 3.05) is 6.61 Å². The summed E-state index contributed by atoms with van der Waals surface area (Å²) < 4.78 is 5.94. The zero-order chi connectivity index (χ0) is 44.5. The summed E-state index contributed by atoms with van der Waals surface area (Å²) in [7, 11) is 0. The van der Waals surface area contributed by atoms with Crippen LogP contribution in [0.25, 0.3) is 0 Å². The van der Waals surface area contributed by atoms with Gasteiger partial charge in [-0.15, -0.1) is 0 Å². The van der Waals surface area contributed by atoms with Crippen LogP contribution in [0.1, 0.15) is 278 Å². The second kappa shape index (κ2) is 49.1. The first-order chi connectivity index (χ1) is 30.0. The molecule has 0 rings (SSSR count). The maximum absolute atomic E-state index is 13.2. The van der Waals surface area contributed by atoms with E-state index in [0.29, 0.717) is 19.3 Å². The average Bonchev–Trinajstić information content (AvgIpc) is 3.25. The standard InChI is InChI=1S/C55H103NO5/c1-4-7-10-13-16-19-21-23-25-26-27-29-31-33-36-39-42-45-48-55(60)61-51(46-43-40-37-35-32-30-28-24-22-20-17-14-11-8-5-2)49-54(59)56-52(50-57)53(58)47-44-41-38-34-18-15-12-9-6-3/h21,23,25-27,29,51-53,57-58H,4-20,22,24,28,30-50H2,1-3H3,(H,56,59)/b23-21+,26-25+,29-27+. The number of allylic oxidation sites excluding steroid dienone is 6. The summed E-state index contributed by atoms with van der Waals surface area (Å²) >= 11 is 0. The molecule has 358 valence electrons. The van der Waals surface area contributed by atoms with Gasteiger partial charge in [-0.1, -0.05) is 250 Å². The lowest BCUT2D eigenvalue weighted by Gasteiger charge is -2.24. The molecule has 0 aromatic carbocycles. The second-order valence-corrected chi connectivity index (χ2v) is 18.3. The van der Waals surface area contributed by atoms with E-state index in [1.54, 1.807) is 0 Å². The Morgan fingerprint density at radius 3 is 1.25 bits per heavy atom. The van der Waals surface area contributed by atoms with Gasteiger partial charge in [0, 0.05) is 6.42 Å². The quantitative estimate of drug-likeness (QED) is 0.0322. The summed E-state index contributed by atoms with van der Waals surface area (Å²) in [6, 6.07) is -0.701. The normalized spacial score (nSPS) is 13.5. The number of amides is 1. The molecule has 0 aliphatic heterocycles. The monoisotopic (exact) mass is 858 g/mol. The summed E-state index contributed by atoms with van der Waals surface area (Å²) in [5, 5.41) is 23.7. The van der Waals surface area contributed by atoms with Crippen LogP contribution in [0, 0.1) is 0 Å². The van der Waals surface area contributed by atoms with Gasteiger partial charge in [-0.05, 0) is 51.4 Å². The molecule has 0 aromatic rings.